The molecule has 0 radical (unpaired) electrons. The van der Waals surface area contributed by atoms with Gasteiger partial charge >= 0.3 is 0 Å². The molecule has 1 amide bonds. The number of nitrogens with zero attached hydrogens (tertiary/aromatic N) is 1. The lowest BCUT2D eigenvalue weighted by molar-refractivity contribution is -0.115. The summed E-state index contributed by atoms with van der Waals surface area (Å²) in [5, 5.41) is 7.82. The number of fused-ring (bicyclic) bond motifs is 1. The van der Waals surface area contributed by atoms with Crippen LogP contribution in [-0.4, -0.2) is 11.1 Å². The summed E-state index contributed by atoms with van der Waals surface area (Å²) in [7, 11) is 0. The number of benzene rings is 3. The molecule has 0 saturated carbocycles. The number of carbonyl (C=O) groups is 1. The summed E-state index contributed by atoms with van der Waals surface area (Å²) in [4.78, 5) is 12.4. The highest BCUT2D eigenvalue weighted by Crippen LogP contribution is 2.28. The molecule has 0 spiro atoms. The molecule has 0 bridgehead atoms. The molecule has 3 aromatic carbocycles. The van der Waals surface area contributed by atoms with Gasteiger partial charge in [-0.2, -0.15) is 0 Å². The average Bonchev–Trinajstić information content (AvgIpc) is 3.42. The predicted molar refractivity (Wildman–Crippen MR) is 117 cm³/mol. The second-order valence-corrected chi connectivity index (χ2v) is 7.00. The summed E-state index contributed by atoms with van der Waals surface area (Å²) < 4.78 is 16.9. The van der Waals surface area contributed by atoms with Crippen molar-refractivity contribution < 1.29 is 18.5 Å². The Morgan fingerprint density at radius 3 is 2.39 bits per heavy atom. The van der Waals surface area contributed by atoms with Crippen molar-refractivity contribution >= 4 is 22.6 Å². The second-order valence-electron chi connectivity index (χ2n) is 7.00. The molecule has 6 heteroatoms. The topological polar surface area (TPSA) is 77.5 Å². The highest BCUT2D eigenvalue weighted by Gasteiger charge is 2.14. The van der Waals surface area contributed by atoms with Crippen LogP contribution in [0.4, 0.5) is 5.69 Å². The van der Waals surface area contributed by atoms with Crippen molar-refractivity contribution in [3.63, 3.8) is 0 Å². The Bertz CT molecular complexity index is 1290. The van der Waals surface area contributed by atoms with Crippen LogP contribution in [0.3, 0.4) is 0 Å². The summed E-state index contributed by atoms with van der Waals surface area (Å²) in [6.07, 6.45) is 0.0893. The van der Waals surface area contributed by atoms with Crippen molar-refractivity contribution in [2.24, 2.45) is 0 Å². The monoisotopic (exact) mass is 410 g/mol. The van der Waals surface area contributed by atoms with Crippen LogP contribution in [-0.2, 0) is 11.2 Å². The number of anilines is 1. The van der Waals surface area contributed by atoms with E-state index < -0.39 is 0 Å². The summed E-state index contributed by atoms with van der Waals surface area (Å²) in [5.41, 5.74) is 1.97. The lowest BCUT2D eigenvalue weighted by Crippen LogP contribution is -2.14. The minimum absolute atomic E-state index is 0.0893. The molecule has 1 N–H and O–H groups in total. The van der Waals surface area contributed by atoms with E-state index in [0.29, 0.717) is 28.7 Å². The average molecular weight is 410 g/mol. The van der Waals surface area contributed by atoms with Crippen LogP contribution in [0.1, 0.15) is 5.69 Å². The fourth-order valence-corrected chi connectivity index (χ4v) is 3.22. The number of rotatable bonds is 6. The van der Waals surface area contributed by atoms with Gasteiger partial charge < -0.3 is 19.0 Å². The third-order valence-electron chi connectivity index (χ3n) is 4.69. The molecular weight excluding hydrogens is 392 g/mol. The SMILES string of the molecule is O=C(Cc1cc(-c2cc3ccccc3o2)on1)Nc1ccc(Oc2ccccc2)cc1. The van der Waals surface area contributed by atoms with Crippen LogP contribution in [0.15, 0.2) is 99.9 Å². The lowest BCUT2D eigenvalue weighted by atomic mass is 10.2. The number of amides is 1. The predicted octanol–water partition coefficient (Wildman–Crippen LogP) is 6.06. The van der Waals surface area contributed by atoms with Crippen LogP contribution in [0, 0.1) is 0 Å². The Morgan fingerprint density at radius 1 is 0.839 bits per heavy atom. The standard InChI is InChI=1S/C25H18N2O4/c28-25(26-18-10-12-21(13-11-18)29-20-7-2-1-3-8-20)16-19-15-24(31-27-19)23-14-17-6-4-5-9-22(17)30-23/h1-15H,16H2,(H,26,28). The molecular formula is C25H18N2O4. The van der Waals surface area contributed by atoms with E-state index in [2.05, 4.69) is 10.5 Å². The van der Waals surface area contributed by atoms with Gasteiger partial charge in [-0.05, 0) is 48.5 Å². The normalized spacial score (nSPS) is 10.8. The highest BCUT2D eigenvalue weighted by atomic mass is 16.5. The number of hydrogen-bond donors (Lipinski definition) is 1. The van der Waals surface area contributed by atoms with Gasteiger partial charge in [0.05, 0.1) is 12.1 Å². The maximum Gasteiger partial charge on any atom is 0.230 e. The van der Waals surface area contributed by atoms with Crippen LogP contribution in [0.25, 0.3) is 22.5 Å². The van der Waals surface area contributed by atoms with Gasteiger partial charge in [0.25, 0.3) is 0 Å². The molecule has 2 aromatic heterocycles. The zero-order chi connectivity index (χ0) is 21.0. The van der Waals surface area contributed by atoms with Gasteiger partial charge in [-0.25, -0.2) is 0 Å². The molecule has 0 aliphatic carbocycles. The number of aromatic nitrogens is 1. The lowest BCUT2D eigenvalue weighted by Gasteiger charge is -2.07. The molecule has 0 saturated heterocycles. The Morgan fingerprint density at radius 2 is 1.58 bits per heavy atom. The number of carbonyl (C=O) groups excluding carboxylic acids is 1. The van der Waals surface area contributed by atoms with E-state index in [-0.39, 0.29) is 12.3 Å². The van der Waals surface area contributed by atoms with Crippen molar-refractivity contribution in [1.82, 2.24) is 5.16 Å². The van der Waals surface area contributed by atoms with Gasteiger partial charge in [0, 0.05) is 17.1 Å². The van der Waals surface area contributed by atoms with E-state index >= 15 is 0 Å². The smallest absolute Gasteiger partial charge is 0.230 e. The third kappa shape index (κ3) is 4.33. The summed E-state index contributed by atoms with van der Waals surface area (Å²) in [6.45, 7) is 0. The molecule has 0 aliphatic rings. The van der Waals surface area contributed by atoms with E-state index in [1.54, 1.807) is 30.3 Å². The van der Waals surface area contributed by atoms with E-state index in [1.165, 1.54) is 0 Å². The van der Waals surface area contributed by atoms with Crippen LogP contribution in [0.2, 0.25) is 0 Å². The number of nitrogens with one attached hydrogen (secondary N) is 1. The first-order valence-electron chi connectivity index (χ1n) is 9.80. The van der Waals surface area contributed by atoms with E-state index in [1.807, 2.05) is 60.7 Å². The second kappa shape index (κ2) is 8.20. The number of hydrogen-bond acceptors (Lipinski definition) is 5. The van der Waals surface area contributed by atoms with Gasteiger partial charge in [-0.1, -0.05) is 41.6 Å². The van der Waals surface area contributed by atoms with Gasteiger partial charge in [0.2, 0.25) is 11.7 Å². The molecule has 0 unspecified atom stereocenters. The molecule has 0 aliphatic heterocycles. The quantitative estimate of drug-likeness (QED) is 0.368. The zero-order valence-corrected chi connectivity index (χ0v) is 16.4. The highest BCUT2D eigenvalue weighted by molar-refractivity contribution is 5.92. The molecule has 2 heterocycles. The largest absolute Gasteiger partial charge is 0.457 e. The maximum atomic E-state index is 12.4. The van der Waals surface area contributed by atoms with E-state index in [9.17, 15) is 4.79 Å². The third-order valence-corrected chi connectivity index (χ3v) is 4.69. The minimum Gasteiger partial charge on any atom is -0.457 e. The number of para-hydroxylation sites is 2. The molecule has 6 nitrogen and oxygen atoms in total. The van der Waals surface area contributed by atoms with Crippen LogP contribution < -0.4 is 10.1 Å². The Labute approximate surface area is 178 Å². The first-order chi connectivity index (χ1) is 15.2. The first-order valence-corrected chi connectivity index (χ1v) is 9.80. The van der Waals surface area contributed by atoms with Crippen molar-refractivity contribution in [2.75, 3.05) is 5.32 Å². The van der Waals surface area contributed by atoms with E-state index in [4.69, 9.17) is 13.7 Å². The van der Waals surface area contributed by atoms with Crippen molar-refractivity contribution in [3.05, 3.63) is 96.7 Å². The van der Waals surface area contributed by atoms with Crippen LogP contribution >= 0.6 is 0 Å². The summed E-state index contributed by atoms with van der Waals surface area (Å²) in [5.74, 6) is 2.32. The fourth-order valence-electron chi connectivity index (χ4n) is 3.22. The zero-order valence-electron chi connectivity index (χ0n) is 16.4. The van der Waals surface area contributed by atoms with Crippen molar-refractivity contribution in [3.8, 4) is 23.0 Å². The van der Waals surface area contributed by atoms with Gasteiger partial charge in [-0.3, -0.25) is 4.79 Å². The number of ether oxygens (including phenoxy) is 1. The fraction of sp³-hybridized carbons (Fsp3) is 0.0400. The molecule has 0 fully saturated rings. The van der Waals surface area contributed by atoms with Crippen LogP contribution in [0.5, 0.6) is 11.5 Å². The Hall–Kier alpha value is -4.32. The Kier molecular flexibility index (Phi) is 4.94. The van der Waals surface area contributed by atoms with Gasteiger partial charge in [0.1, 0.15) is 17.1 Å². The molecule has 0 atom stereocenters. The van der Waals surface area contributed by atoms with Crippen molar-refractivity contribution in [1.29, 1.82) is 0 Å². The molecule has 31 heavy (non-hydrogen) atoms. The van der Waals surface area contributed by atoms with Gasteiger partial charge in [0.15, 0.2) is 5.76 Å². The molecule has 5 rings (SSSR count). The van der Waals surface area contributed by atoms with Gasteiger partial charge in [-0.15, -0.1) is 0 Å². The first kappa shape index (κ1) is 18.7. The summed E-state index contributed by atoms with van der Waals surface area (Å²) in [6, 6.07) is 28.0. The maximum absolute atomic E-state index is 12.4. The number of furan rings is 1. The molecule has 5 aromatic rings. The summed E-state index contributed by atoms with van der Waals surface area (Å²) >= 11 is 0. The van der Waals surface area contributed by atoms with E-state index in [0.717, 1.165) is 16.7 Å². The minimum atomic E-state index is -0.193. The van der Waals surface area contributed by atoms with Crippen molar-refractivity contribution in [2.45, 2.75) is 6.42 Å². The Balaban J connectivity index is 1.21. The molecule has 152 valence electrons.